The van der Waals surface area contributed by atoms with Gasteiger partial charge in [0.2, 0.25) is 5.91 Å². The van der Waals surface area contributed by atoms with Gasteiger partial charge >= 0.3 is 0 Å². The van der Waals surface area contributed by atoms with E-state index >= 15 is 0 Å². The molecule has 1 fully saturated rings. The van der Waals surface area contributed by atoms with E-state index < -0.39 is 0 Å². The van der Waals surface area contributed by atoms with Crippen LogP contribution in [-0.4, -0.2) is 55.6 Å². The summed E-state index contributed by atoms with van der Waals surface area (Å²) in [6.07, 6.45) is 1.73. The average molecular weight is 338 g/mol. The van der Waals surface area contributed by atoms with E-state index in [0.717, 1.165) is 43.3 Å². The minimum atomic E-state index is -0.270. The molecule has 130 valence electrons. The summed E-state index contributed by atoms with van der Waals surface area (Å²) in [5.41, 5.74) is 1.66. The number of rotatable bonds is 3. The zero-order valence-corrected chi connectivity index (χ0v) is 14.3. The van der Waals surface area contributed by atoms with Gasteiger partial charge in [-0.2, -0.15) is 0 Å². The number of anilines is 2. The minimum Gasteiger partial charge on any atom is -0.492 e. The Morgan fingerprint density at radius 3 is 2.72 bits per heavy atom. The highest BCUT2D eigenvalue weighted by molar-refractivity contribution is 5.96. The number of carbonyl (C=O) groups is 1. The highest BCUT2D eigenvalue weighted by atomic mass is 16.5. The maximum Gasteiger partial charge on any atom is 0.235 e. The molecule has 2 aliphatic heterocycles. The fraction of sp³-hybridized carbons (Fsp3) is 0.368. The summed E-state index contributed by atoms with van der Waals surface area (Å²) in [6.45, 7) is 4.43. The lowest BCUT2D eigenvalue weighted by Crippen LogP contribution is -2.44. The number of piperazine rings is 1. The average Bonchev–Trinajstić information content (AvgIpc) is 3.07. The summed E-state index contributed by atoms with van der Waals surface area (Å²) in [4.78, 5) is 21.7. The molecule has 1 N–H and O–H groups in total. The van der Waals surface area contributed by atoms with Gasteiger partial charge in [-0.05, 0) is 25.2 Å². The van der Waals surface area contributed by atoms with E-state index in [1.54, 1.807) is 6.20 Å². The molecule has 6 nitrogen and oxygen atoms in total. The van der Waals surface area contributed by atoms with Crippen LogP contribution in [0.1, 0.15) is 11.5 Å². The molecule has 0 spiro atoms. The smallest absolute Gasteiger partial charge is 0.235 e. The first-order valence-electron chi connectivity index (χ1n) is 8.63. The monoisotopic (exact) mass is 338 g/mol. The number of pyridine rings is 1. The summed E-state index contributed by atoms with van der Waals surface area (Å²) in [5.74, 6) is 1.43. The fourth-order valence-electron chi connectivity index (χ4n) is 3.29. The van der Waals surface area contributed by atoms with Gasteiger partial charge < -0.3 is 19.9 Å². The summed E-state index contributed by atoms with van der Waals surface area (Å²) in [6, 6.07) is 11.6. The second-order valence-corrected chi connectivity index (χ2v) is 6.59. The van der Waals surface area contributed by atoms with Crippen LogP contribution in [0, 0.1) is 0 Å². The van der Waals surface area contributed by atoms with Gasteiger partial charge in [0.05, 0.1) is 11.9 Å². The predicted octanol–water partition coefficient (Wildman–Crippen LogP) is 1.95. The lowest BCUT2D eigenvalue weighted by Gasteiger charge is -2.33. The molecule has 0 bridgehead atoms. The number of ether oxygens (including phenoxy) is 1. The third kappa shape index (κ3) is 3.30. The van der Waals surface area contributed by atoms with Gasteiger partial charge in [0, 0.05) is 31.7 Å². The molecular formula is C19H22N4O2. The number of para-hydroxylation sites is 1. The van der Waals surface area contributed by atoms with Crippen molar-refractivity contribution in [1.82, 2.24) is 9.88 Å². The second kappa shape index (κ2) is 6.72. The molecule has 1 unspecified atom stereocenters. The minimum absolute atomic E-state index is 0.0564. The van der Waals surface area contributed by atoms with Gasteiger partial charge in [0.1, 0.15) is 24.1 Å². The third-order valence-electron chi connectivity index (χ3n) is 4.86. The summed E-state index contributed by atoms with van der Waals surface area (Å²) in [5, 5.41) is 2.95. The number of hydrogen-bond donors (Lipinski definition) is 1. The standard InChI is InChI=1S/C19H22N4O2/c1-22-8-10-23(11-9-22)18-7-6-14(12-20-18)21-19(24)16-13-25-17-5-3-2-4-15(16)17/h2-7,12,16H,8-11,13H2,1H3,(H,21,24). The van der Waals surface area contributed by atoms with Crippen LogP contribution in [0.2, 0.25) is 0 Å². The van der Waals surface area contributed by atoms with Crippen molar-refractivity contribution in [1.29, 1.82) is 0 Å². The topological polar surface area (TPSA) is 57.7 Å². The van der Waals surface area contributed by atoms with Crippen molar-refractivity contribution in [2.24, 2.45) is 0 Å². The summed E-state index contributed by atoms with van der Waals surface area (Å²) < 4.78 is 5.59. The highest BCUT2D eigenvalue weighted by Crippen LogP contribution is 2.34. The number of nitrogens with one attached hydrogen (secondary N) is 1. The van der Waals surface area contributed by atoms with E-state index in [-0.39, 0.29) is 11.8 Å². The number of benzene rings is 1. The molecule has 1 atom stereocenters. The maximum absolute atomic E-state index is 12.6. The van der Waals surface area contributed by atoms with Gasteiger partial charge in [-0.15, -0.1) is 0 Å². The molecule has 0 saturated carbocycles. The largest absolute Gasteiger partial charge is 0.492 e. The van der Waals surface area contributed by atoms with E-state index in [2.05, 4.69) is 27.1 Å². The Morgan fingerprint density at radius 2 is 1.96 bits per heavy atom. The maximum atomic E-state index is 12.6. The molecule has 25 heavy (non-hydrogen) atoms. The Balaban J connectivity index is 1.41. The van der Waals surface area contributed by atoms with Crippen LogP contribution in [0.25, 0.3) is 0 Å². The van der Waals surface area contributed by atoms with Crippen molar-refractivity contribution < 1.29 is 9.53 Å². The molecule has 1 amide bonds. The van der Waals surface area contributed by atoms with Gasteiger partial charge in [-0.1, -0.05) is 18.2 Å². The molecule has 1 saturated heterocycles. The Bertz CT molecular complexity index is 754. The Hall–Kier alpha value is -2.60. The number of carbonyl (C=O) groups excluding carboxylic acids is 1. The molecule has 2 aromatic rings. The van der Waals surface area contributed by atoms with E-state index in [9.17, 15) is 4.79 Å². The van der Waals surface area contributed by atoms with Gasteiger partial charge in [0.25, 0.3) is 0 Å². The number of aromatic nitrogens is 1. The van der Waals surface area contributed by atoms with Gasteiger partial charge in [-0.25, -0.2) is 4.98 Å². The lowest BCUT2D eigenvalue weighted by atomic mass is 10.0. The molecule has 0 radical (unpaired) electrons. The van der Waals surface area contributed by atoms with E-state index in [4.69, 9.17) is 4.74 Å². The molecule has 1 aromatic heterocycles. The van der Waals surface area contributed by atoms with E-state index in [1.807, 2.05) is 36.4 Å². The quantitative estimate of drug-likeness (QED) is 0.927. The molecule has 6 heteroatoms. The fourth-order valence-corrected chi connectivity index (χ4v) is 3.29. The number of amides is 1. The van der Waals surface area contributed by atoms with Crippen LogP contribution in [0.5, 0.6) is 5.75 Å². The van der Waals surface area contributed by atoms with Gasteiger partial charge in [-0.3, -0.25) is 4.79 Å². The first-order chi connectivity index (χ1) is 12.2. The number of fused-ring (bicyclic) bond motifs is 1. The second-order valence-electron chi connectivity index (χ2n) is 6.59. The Labute approximate surface area is 147 Å². The Morgan fingerprint density at radius 1 is 1.16 bits per heavy atom. The van der Waals surface area contributed by atoms with Crippen LogP contribution in [0.4, 0.5) is 11.5 Å². The van der Waals surface area contributed by atoms with Crippen LogP contribution in [0.15, 0.2) is 42.6 Å². The van der Waals surface area contributed by atoms with Crippen LogP contribution >= 0.6 is 0 Å². The third-order valence-corrected chi connectivity index (χ3v) is 4.86. The van der Waals surface area contributed by atoms with Crippen molar-refractivity contribution in [2.45, 2.75) is 5.92 Å². The van der Waals surface area contributed by atoms with Gasteiger partial charge in [0.15, 0.2) is 0 Å². The van der Waals surface area contributed by atoms with Crippen molar-refractivity contribution in [3.8, 4) is 5.75 Å². The predicted molar refractivity (Wildman–Crippen MR) is 97.3 cm³/mol. The highest BCUT2D eigenvalue weighted by Gasteiger charge is 2.30. The Kier molecular flexibility index (Phi) is 4.28. The zero-order valence-electron chi connectivity index (χ0n) is 14.3. The zero-order chi connectivity index (χ0) is 17.2. The number of nitrogens with zero attached hydrogens (tertiary/aromatic N) is 3. The first kappa shape index (κ1) is 15.9. The normalized spacial score (nSPS) is 20.0. The van der Waals surface area contributed by atoms with Crippen molar-refractivity contribution in [3.63, 3.8) is 0 Å². The summed E-state index contributed by atoms with van der Waals surface area (Å²) in [7, 11) is 2.13. The van der Waals surface area contributed by atoms with Crippen LogP contribution in [0.3, 0.4) is 0 Å². The summed E-state index contributed by atoms with van der Waals surface area (Å²) >= 11 is 0. The molecule has 3 heterocycles. The molecule has 2 aliphatic rings. The molecule has 4 rings (SSSR count). The van der Waals surface area contributed by atoms with Crippen molar-refractivity contribution in [2.75, 3.05) is 50.1 Å². The molecular weight excluding hydrogens is 316 g/mol. The molecule has 0 aliphatic carbocycles. The van der Waals surface area contributed by atoms with E-state index in [0.29, 0.717) is 12.3 Å². The van der Waals surface area contributed by atoms with Crippen LogP contribution < -0.4 is 15.0 Å². The molecule has 1 aromatic carbocycles. The van der Waals surface area contributed by atoms with E-state index in [1.165, 1.54) is 0 Å². The van der Waals surface area contributed by atoms with Crippen molar-refractivity contribution >= 4 is 17.4 Å². The van der Waals surface area contributed by atoms with Crippen molar-refractivity contribution in [3.05, 3.63) is 48.2 Å². The number of likely N-dealkylation sites (N-methyl/N-ethyl adjacent to an activating group) is 1. The number of hydrogen-bond acceptors (Lipinski definition) is 5. The lowest BCUT2D eigenvalue weighted by molar-refractivity contribution is -0.117. The first-order valence-corrected chi connectivity index (χ1v) is 8.63. The SMILES string of the molecule is CN1CCN(c2ccc(NC(=O)C3COc4ccccc43)cn2)CC1. The van der Waals surface area contributed by atoms with Crippen LogP contribution in [-0.2, 0) is 4.79 Å².